The number of benzene rings is 3. The van der Waals surface area contributed by atoms with E-state index < -0.39 is 6.10 Å². The van der Waals surface area contributed by atoms with E-state index in [-0.39, 0.29) is 17.5 Å². The zero-order valence-corrected chi connectivity index (χ0v) is 19.1. The summed E-state index contributed by atoms with van der Waals surface area (Å²) in [7, 11) is 0. The lowest BCUT2D eigenvalue weighted by Crippen LogP contribution is -2.15. The number of thioether (sulfide) groups is 1. The molecule has 0 aliphatic rings. The van der Waals surface area contributed by atoms with Gasteiger partial charge < -0.3 is 10.1 Å². The Kier molecular flexibility index (Phi) is 7.04. The summed E-state index contributed by atoms with van der Waals surface area (Å²) in [4.78, 5) is 12.5. The number of amides is 1. The van der Waals surface area contributed by atoms with Gasteiger partial charge in [-0.05, 0) is 67.9 Å². The van der Waals surface area contributed by atoms with E-state index in [4.69, 9.17) is 4.74 Å². The molecule has 1 atom stereocenters. The van der Waals surface area contributed by atoms with Gasteiger partial charge in [0.25, 0.3) is 0 Å². The number of nitrogens with zero attached hydrogens (tertiary/aromatic N) is 3. The summed E-state index contributed by atoms with van der Waals surface area (Å²) in [6, 6.07) is 23.1. The molecular formula is C25H23FN4O2S. The van der Waals surface area contributed by atoms with E-state index in [0.29, 0.717) is 16.7 Å². The van der Waals surface area contributed by atoms with Crippen LogP contribution < -0.4 is 10.1 Å². The monoisotopic (exact) mass is 462 g/mol. The SMILES string of the molecule is Cc1cccc(NC(=O)CSc2nnc(C(C)Oc3ccc(F)cc3)n2-c2ccccc2)c1. The van der Waals surface area contributed by atoms with Crippen molar-refractivity contribution in [2.24, 2.45) is 0 Å². The van der Waals surface area contributed by atoms with Gasteiger partial charge in [0.15, 0.2) is 17.1 Å². The molecule has 0 bridgehead atoms. The zero-order valence-electron chi connectivity index (χ0n) is 18.2. The van der Waals surface area contributed by atoms with Gasteiger partial charge >= 0.3 is 0 Å². The molecule has 4 aromatic rings. The van der Waals surface area contributed by atoms with E-state index >= 15 is 0 Å². The van der Waals surface area contributed by atoms with Crippen LogP contribution in [0.1, 0.15) is 24.4 Å². The number of aryl methyl sites for hydroxylation is 1. The number of rotatable bonds is 8. The lowest BCUT2D eigenvalue weighted by molar-refractivity contribution is -0.113. The third-order valence-electron chi connectivity index (χ3n) is 4.80. The molecule has 1 aromatic heterocycles. The van der Waals surface area contributed by atoms with Crippen LogP contribution in [0.5, 0.6) is 5.75 Å². The molecule has 1 heterocycles. The molecule has 8 heteroatoms. The van der Waals surface area contributed by atoms with Crippen LogP contribution in [0, 0.1) is 12.7 Å². The minimum atomic E-state index is -0.460. The van der Waals surface area contributed by atoms with Crippen LogP contribution in [0.25, 0.3) is 5.69 Å². The van der Waals surface area contributed by atoms with E-state index in [1.807, 2.05) is 73.0 Å². The molecular weight excluding hydrogens is 439 g/mol. The van der Waals surface area contributed by atoms with Gasteiger partial charge in [-0.1, -0.05) is 42.1 Å². The van der Waals surface area contributed by atoms with Crippen LogP contribution in [-0.4, -0.2) is 26.4 Å². The van der Waals surface area contributed by atoms with Crippen molar-refractivity contribution < 1.29 is 13.9 Å². The molecule has 33 heavy (non-hydrogen) atoms. The van der Waals surface area contributed by atoms with Gasteiger partial charge in [-0.2, -0.15) is 0 Å². The third-order valence-corrected chi connectivity index (χ3v) is 5.73. The third kappa shape index (κ3) is 5.78. The largest absolute Gasteiger partial charge is 0.483 e. The fraction of sp³-hybridized carbons (Fsp3) is 0.160. The van der Waals surface area contributed by atoms with E-state index in [1.54, 1.807) is 12.1 Å². The predicted octanol–water partition coefficient (Wildman–Crippen LogP) is 5.59. The van der Waals surface area contributed by atoms with Crippen LogP contribution in [-0.2, 0) is 4.79 Å². The van der Waals surface area contributed by atoms with Gasteiger partial charge in [0.1, 0.15) is 11.6 Å². The fourth-order valence-electron chi connectivity index (χ4n) is 3.28. The molecule has 0 fully saturated rings. The summed E-state index contributed by atoms with van der Waals surface area (Å²) < 4.78 is 21.1. The lowest BCUT2D eigenvalue weighted by Gasteiger charge is -2.16. The van der Waals surface area contributed by atoms with Gasteiger partial charge in [0.2, 0.25) is 5.91 Å². The second kappa shape index (κ2) is 10.3. The second-order valence-corrected chi connectivity index (χ2v) is 8.37. The maximum absolute atomic E-state index is 13.2. The Hall–Kier alpha value is -3.65. The van der Waals surface area contributed by atoms with Crippen molar-refractivity contribution in [2.45, 2.75) is 25.1 Å². The predicted molar refractivity (Wildman–Crippen MR) is 127 cm³/mol. The molecule has 4 rings (SSSR count). The van der Waals surface area contributed by atoms with Gasteiger partial charge in [0.05, 0.1) is 5.75 Å². The molecule has 1 N–H and O–H groups in total. The number of hydrogen-bond acceptors (Lipinski definition) is 5. The Morgan fingerprint density at radius 3 is 2.55 bits per heavy atom. The van der Waals surface area contributed by atoms with Crippen molar-refractivity contribution in [3.63, 3.8) is 0 Å². The van der Waals surface area contributed by atoms with Crippen molar-refractivity contribution >= 4 is 23.4 Å². The average Bonchev–Trinajstić information content (AvgIpc) is 3.24. The molecule has 1 unspecified atom stereocenters. The average molecular weight is 463 g/mol. The Morgan fingerprint density at radius 1 is 1.06 bits per heavy atom. The van der Waals surface area contributed by atoms with Crippen molar-refractivity contribution in [1.29, 1.82) is 0 Å². The molecule has 1 amide bonds. The van der Waals surface area contributed by atoms with E-state index in [2.05, 4.69) is 15.5 Å². The maximum Gasteiger partial charge on any atom is 0.234 e. The number of hydrogen-bond donors (Lipinski definition) is 1. The van der Waals surface area contributed by atoms with E-state index in [0.717, 1.165) is 16.9 Å². The fourth-order valence-corrected chi connectivity index (χ4v) is 4.04. The zero-order chi connectivity index (χ0) is 23.2. The molecule has 6 nitrogen and oxygen atoms in total. The summed E-state index contributed by atoms with van der Waals surface area (Å²) in [6.07, 6.45) is -0.460. The number of anilines is 1. The Labute approximate surface area is 195 Å². The van der Waals surface area contributed by atoms with Crippen molar-refractivity contribution in [1.82, 2.24) is 14.8 Å². The number of aromatic nitrogens is 3. The molecule has 0 aliphatic carbocycles. The van der Waals surface area contributed by atoms with Gasteiger partial charge in [-0.25, -0.2) is 4.39 Å². The standard InChI is InChI=1S/C25H23FN4O2S/c1-17-7-6-8-20(15-17)27-23(31)16-33-25-29-28-24(30(25)21-9-4-3-5-10-21)18(2)32-22-13-11-19(26)12-14-22/h3-15,18H,16H2,1-2H3,(H,27,31). The van der Waals surface area contributed by atoms with Gasteiger partial charge in [-0.3, -0.25) is 9.36 Å². The number of carbonyl (C=O) groups is 1. The van der Waals surface area contributed by atoms with E-state index in [9.17, 15) is 9.18 Å². The number of nitrogens with one attached hydrogen (secondary N) is 1. The number of para-hydroxylation sites is 1. The van der Waals surface area contributed by atoms with Crippen molar-refractivity contribution in [2.75, 3.05) is 11.1 Å². The molecule has 168 valence electrons. The number of halogens is 1. The first-order valence-electron chi connectivity index (χ1n) is 10.4. The highest BCUT2D eigenvalue weighted by molar-refractivity contribution is 7.99. The smallest absolute Gasteiger partial charge is 0.234 e. The van der Waals surface area contributed by atoms with Crippen LogP contribution in [0.4, 0.5) is 10.1 Å². The van der Waals surface area contributed by atoms with Crippen LogP contribution in [0.2, 0.25) is 0 Å². The number of carbonyl (C=O) groups excluding carboxylic acids is 1. The molecule has 0 spiro atoms. The van der Waals surface area contributed by atoms with Crippen LogP contribution >= 0.6 is 11.8 Å². The van der Waals surface area contributed by atoms with Gasteiger partial charge in [-0.15, -0.1) is 10.2 Å². The summed E-state index contributed by atoms with van der Waals surface area (Å²) >= 11 is 1.29. The molecule has 0 saturated heterocycles. The summed E-state index contributed by atoms with van der Waals surface area (Å²) in [5, 5.41) is 12.1. The quantitative estimate of drug-likeness (QED) is 0.346. The molecule has 0 aliphatic heterocycles. The normalized spacial score (nSPS) is 11.7. The molecule has 0 saturated carbocycles. The Balaban J connectivity index is 1.53. The highest BCUT2D eigenvalue weighted by atomic mass is 32.2. The van der Waals surface area contributed by atoms with Crippen molar-refractivity contribution in [3.8, 4) is 11.4 Å². The van der Waals surface area contributed by atoms with Crippen LogP contribution in [0.15, 0.2) is 84.0 Å². The minimum Gasteiger partial charge on any atom is -0.483 e. The Bertz CT molecular complexity index is 1230. The topological polar surface area (TPSA) is 69.0 Å². The first-order chi connectivity index (χ1) is 16.0. The first kappa shape index (κ1) is 22.5. The Morgan fingerprint density at radius 2 is 1.82 bits per heavy atom. The molecule has 0 radical (unpaired) electrons. The highest BCUT2D eigenvalue weighted by Crippen LogP contribution is 2.28. The number of ether oxygens (including phenoxy) is 1. The molecule has 3 aromatic carbocycles. The summed E-state index contributed by atoms with van der Waals surface area (Å²) in [5.74, 6) is 0.812. The van der Waals surface area contributed by atoms with Crippen LogP contribution in [0.3, 0.4) is 0 Å². The van der Waals surface area contributed by atoms with Crippen molar-refractivity contribution in [3.05, 3.63) is 96.1 Å². The van der Waals surface area contributed by atoms with Gasteiger partial charge in [0, 0.05) is 11.4 Å². The lowest BCUT2D eigenvalue weighted by atomic mass is 10.2. The maximum atomic E-state index is 13.2. The second-order valence-electron chi connectivity index (χ2n) is 7.43. The summed E-state index contributed by atoms with van der Waals surface area (Å²) in [5.41, 5.74) is 2.69. The minimum absolute atomic E-state index is 0.134. The first-order valence-corrected chi connectivity index (χ1v) is 11.4. The van der Waals surface area contributed by atoms with E-state index in [1.165, 1.54) is 23.9 Å². The summed E-state index contributed by atoms with van der Waals surface area (Å²) in [6.45, 7) is 3.83. The highest BCUT2D eigenvalue weighted by Gasteiger charge is 2.21.